The second-order valence-electron chi connectivity index (χ2n) is 27.8. The van der Waals surface area contributed by atoms with Crippen molar-refractivity contribution in [3.05, 3.63) is 29.8 Å². The van der Waals surface area contributed by atoms with E-state index >= 15 is 105 Å². The number of amides is 2. The smallest absolute Gasteiger partial charge is 0.352 e. The number of alkyl halides is 63. The van der Waals surface area contributed by atoms with Gasteiger partial charge in [-0.3, -0.25) is 9.59 Å². The Bertz CT molecular complexity index is 3570. The molecule has 0 bridgehead atoms. The molecule has 1 aliphatic carbocycles. The predicted molar refractivity (Wildman–Crippen MR) is 287 cm³/mol. The lowest BCUT2D eigenvalue weighted by atomic mass is 9.86. The number of halogens is 63. The number of nitrogens with one attached hydrogen (secondary N) is 1. The van der Waals surface area contributed by atoms with Crippen LogP contribution in [0.4, 0.5) is 277 Å². The molecule has 0 saturated heterocycles. The third kappa shape index (κ3) is 16.6. The van der Waals surface area contributed by atoms with Crippen molar-refractivity contribution in [1.82, 2.24) is 10.2 Å². The molecule has 2 amide bonds. The van der Waals surface area contributed by atoms with Crippen LogP contribution in [0, 0.1) is 5.92 Å². The molecule has 1 atom stereocenters. The lowest BCUT2D eigenvalue weighted by Crippen LogP contribution is -2.77. The van der Waals surface area contributed by atoms with Gasteiger partial charge in [0, 0.05) is 37.4 Å². The summed E-state index contributed by atoms with van der Waals surface area (Å²) in [4.78, 5) is 28.2. The second kappa shape index (κ2) is 32.8. The zero-order chi connectivity index (χ0) is 101. The standard InChI is InChI=1S/C57H43F63N2O2Si/c1-4-17-122(25(21(2)3)26(123)121-23-8-6-5-7-9-23)27(124)22-10-12-24(13-11-22)125(18-14-28(58,59)31(64,65)34(70,71)37(76,77)40(82,83)43(88,89)46(94,95)49(100,101)52(106,107)55(112,113)114,19-15-29(60,61)32(66,67)35(72,73)38(78,79)41(84,85)44(90,91)47(96,97)50(102,103)53(108,109)56(115,116)117)20-16-30(62,63)33(68,69)36(74,75)39(80,81)42(86,87)45(92,93)48(98,99)51(104,105)54(110,111)57(118,119)120/h10-13,21,23,25H,4-9,14-20H2,1-3H3,(H,121,123). The summed E-state index contributed by atoms with van der Waals surface area (Å²) < 4.78 is 914. The van der Waals surface area contributed by atoms with Gasteiger partial charge in [-0.15, -0.1) is 0 Å². The average molecular weight is 2010 g/mol. The van der Waals surface area contributed by atoms with Crippen molar-refractivity contribution in [1.29, 1.82) is 0 Å². The van der Waals surface area contributed by atoms with Crippen LogP contribution in [-0.2, 0) is 4.79 Å². The summed E-state index contributed by atoms with van der Waals surface area (Å²) in [6.07, 6.45) is -40.5. The Morgan fingerprint density at radius 3 is 0.680 bits per heavy atom. The van der Waals surface area contributed by atoms with E-state index in [2.05, 4.69) is 5.32 Å². The van der Waals surface area contributed by atoms with Crippen molar-refractivity contribution in [2.24, 2.45) is 5.92 Å². The fraction of sp³-hybridized carbons (Fsp3) is 0.860. The van der Waals surface area contributed by atoms with Gasteiger partial charge in [-0.05, 0) is 55.4 Å². The Labute approximate surface area is 650 Å². The quantitative estimate of drug-likeness (QED) is 0.0525. The van der Waals surface area contributed by atoms with E-state index in [1.54, 1.807) is 0 Å². The Morgan fingerprint density at radius 1 is 0.304 bits per heavy atom. The van der Waals surface area contributed by atoms with E-state index in [0.717, 1.165) is 20.8 Å². The Balaban J connectivity index is 3.65. The molecule has 125 heavy (non-hydrogen) atoms. The number of benzene rings is 1. The summed E-state index contributed by atoms with van der Waals surface area (Å²) in [6, 6.07) is -18.7. The molecule has 1 N–H and O–H groups in total. The van der Waals surface area contributed by atoms with E-state index in [4.69, 9.17) is 0 Å². The van der Waals surface area contributed by atoms with E-state index in [1.807, 2.05) is 0 Å². The number of carbonyl (C=O) groups excluding carboxylic acids is 2. The van der Waals surface area contributed by atoms with E-state index in [9.17, 15) is 181 Å². The van der Waals surface area contributed by atoms with Crippen molar-refractivity contribution >= 4 is 25.1 Å². The van der Waals surface area contributed by atoms with Crippen LogP contribution in [0.3, 0.4) is 0 Å². The maximum atomic E-state index is 16.1. The van der Waals surface area contributed by atoms with Crippen molar-refractivity contribution in [3.63, 3.8) is 0 Å². The molecule has 1 aromatic rings. The van der Waals surface area contributed by atoms with Gasteiger partial charge in [0.2, 0.25) is 5.91 Å². The van der Waals surface area contributed by atoms with Gasteiger partial charge in [0.25, 0.3) is 5.91 Å². The van der Waals surface area contributed by atoms with Crippen molar-refractivity contribution in [3.8, 4) is 0 Å². The first-order valence-corrected chi connectivity index (χ1v) is 34.8. The van der Waals surface area contributed by atoms with Gasteiger partial charge in [-0.25, -0.2) is 0 Å². The number of hydrogen-bond acceptors (Lipinski definition) is 2. The second-order valence-corrected chi connectivity index (χ2v) is 32.4. The number of carbonyl (C=O) groups is 2. The van der Waals surface area contributed by atoms with Gasteiger partial charge < -0.3 is 10.2 Å². The van der Waals surface area contributed by atoms with Crippen LogP contribution >= 0.6 is 0 Å². The van der Waals surface area contributed by atoms with E-state index in [1.165, 1.54) is 0 Å². The molecule has 0 radical (unpaired) electrons. The highest BCUT2D eigenvalue weighted by atomic mass is 28.3. The topological polar surface area (TPSA) is 49.4 Å². The molecule has 2 rings (SSSR count). The first-order valence-electron chi connectivity index (χ1n) is 32.1. The SMILES string of the molecule is CCCN(C(=O)c1ccc([Si](CCC(F)(F)C(F)(F)C(F)(F)C(F)(F)C(F)(F)C(F)(F)C(F)(F)C(F)(F)C(F)(F)C(F)(F)F)(CCC(F)(F)C(F)(F)C(F)(F)C(F)(F)C(F)(F)C(F)(F)C(F)(F)C(F)(F)C(F)(F)C(F)(F)F)CCC(F)(F)C(F)(F)C(F)(F)C(F)(F)C(F)(F)C(F)(F)C(F)(F)C(F)(F)C(F)(F)C(F)(F)F)cc1)C(C(=O)NC1CCCCC1)C(C)C. The third-order valence-electron chi connectivity index (χ3n) is 19.1. The maximum Gasteiger partial charge on any atom is 0.460 e. The number of hydrogen-bond donors (Lipinski definition) is 1. The average Bonchev–Trinajstić information content (AvgIpc) is 0.692. The first kappa shape index (κ1) is 115. The van der Waals surface area contributed by atoms with Crippen molar-refractivity contribution in [2.45, 2.75) is 287 Å². The van der Waals surface area contributed by atoms with Crippen LogP contribution in [0.5, 0.6) is 0 Å². The Morgan fingerprint density at radius 2 is 0.496 bits per heavy atom. The highest BCUT2D eigenvalue weighted by molar-refractivity contribution is 6.92. The normalized spacial score (nSPS) is 17.4. The van der Waals surface area contributed by atoms with Crippen LogP contribution in [0.25, 0.3) is 0 Å². The highest BCUT2D eigenvalue weighted by Gasteiger charge is 3.02. The molecule has 1 aromatic carbocycles. The zero-order valence-corrected chi connectivity index (χ0v) is 60.3. The summed E-state index contributed by atoms with van der Waals surface area (Å²) in [5.41, 5.74) is -1.65. The minimum Gasteiger partial charge on any atom is -0.352 e. The molecule has 1 unspecified atom stereocenters. The van der Waals surface area contributed by atoms with Crippen LogP contribution in [0.15, 0.2) is 24.3 Å². The molecule has 1 saturated carbocycles. The van der Waals surface area contributed by atoms with E-state index in [0.29, 0.717) is 6.42 Å². The fourth-order valence-corrected chi connectivity index (χ4v) is 16.2. The van der Waals surface area contributed by atoms with Gasteiger partial charge in [-0.1, -0.05) is 57.4 Å². The van der Waals surface area contributed by atoms with Gasteiger partial charge >= 0.3 is 178 Å². The molecule has 738 valence electrons. The third-order valence-corrected chi connectivity index (χ3v) is 24.3. The van der Waals surface area contributed by atoms with Gasteiger partial charge in [0.15, 0.2) is 0 Å². The minimum absolute atomic E-state index is 0.0647. The lowest BCUT2D eigenvalue weighted by molar-refractivity contribution is -0.474. The largest absolute Gasteiger partial charge is 0.460 e. The lowest BCUT2D eigenvalue weighted by Gasteiger charge is -2.45. The molecule has 0 spiro atoms. The summed E-state index contributed by atoms with van der Waals surface area (Å²) >= 11 is 0. The molecule has 0 aromatic heterocycles. The molecule has 4 nitrogen and oxygen atoms in total. The number of nitrogens with zero attached hydrogens (tertiary/aromatic N) is 1. The molecule has 1 fully saturated rings. The zero-order valence-electron chi connectivity index (χ0n) is 59.3. The van der Waals surface area contributed by atoms with Crippen LogP contribution in [-0.4, -0.2) is 222 Å². The Hall–Kier alpha value is -6.03. The van der Waals surface area contributed by atoms with E-state index in [-0.39, 0.29) is 30.6 Å². The van der Waals surface area contributed by atoms with Crippen LogP contribution in [0.2, 0.25) is 18.1 Å². The summed E-state index contributed by atoms with van der Waals surface area (Å²) in [6.45, 7) is 1.97. The molecule has 0 aliphatic heterocycles. The molecule has 0 heterocycles. The summed E-state index contributed by atoms with van der Waals surface area (Å²) in [7, 11) is -8.44. The molecule has 1 aliphatic rings. The predicted octanol–water partition coefficient (Wildman–Crippen LogP) is 25.7. The molecular formula is C57H43F63N2O2Si. The van der Waals surface area contributed by atoms with Crippen LogP contribution in [0.1, 0.15) is 88.9 Å². The number of rotatable bonds is 41. The van der Waals surface area contributed by atoms with Gasteiger partial charge in [0.1, 0.15) is 6.04 Å². The molecule has 68 heteroatoms. The summed E-state index contributed by atoms with van der Waals surface area (Å²) in [5, 5.41) is -0.453. The monoisotopic (exact) mass is 2010 g/mol. The van der Waals surface area contributed by atoms with E-state index < -0.39 is 302 Å². The maximum absolute atomic E-state index is 16.1. The fourth-order valence-electron chi connectivity index (χ4n) is 11.3. The molecular weight excluding hydrogens is 1970 g/mol. The first-order chi connectivity index (χ1) is 54.0. The van der Waals surface area contributed by atoms with Crippen molar-refractivity contribution < 1.29 is 286 Å². The van der Waals surface area contributed by atoms with Gasteiger partial charge in [-0.2, -0.15) is 277 Å². The Kier molecular flexibility index (Phi) is 30.1. The van der Waals surface area contributed by atoms with Crippen LogP contribution < -0.4 is 10.5 Å². The highest BCUT2D eigenvalue weighted by Crippen LogP contribution is 2.72. The summed E-state index contributed by atoms with van der Waals surface area (Å²) in [5.74, 6) is -270. The van der Waals surface area contributed by atoms with Gasteiger partial charge in [0.05, 0.1) is 8.07 Å². The van der Waals surface area contributed by atoms with Crippen molar-refractivity contribution in [2.75, 3.05) is 6.54 Å². The minimum atomic E-state index is -10.3.